The number of nitrogens with one attached hydrogen (secondary N) is 2. The molecule has 1 aromatic carbocycles. The van der Waals surface area contributed by atoms with Crippen molar-refractivity contribution in [2.45, 2.75) is 30.6 Å². The molecular formula is C22H32FN5O3S. The highest BCUT2D eigenvalue weighted by Gasteiger charge is 2.35. The van der Waals surface area contributed by atoms with E-state index in [1.165, 1.54) is 6.07 Å². The maximum Gasteiger partial charge on any atom is 0.197 e. The number of aromatic nitrogens is 2. The van der Waals surface area contributed by atoms with Gasteiger partial charge in [-0.15, -0.1) is 0 Å². The van der Waals surface area contributed by atoms with E-state index in [4.69, 9.17) is 9.47 Å². The number of H-pyrrole nitrogens is 1. The molecule has 8 nitrogen and oxygen atoms in total. The van der Waals surface area contributed by atoms with Crippen molar-refractivity contribution in [1.29, 1.82) is 0 Å². The van der Waals surface area contributed by atoms with Crippen molar-refractivity contribution in [3.05, 3.63) is 17.9 Å². The summed E-state index contributed by atoms with van der Waals surface area (Å²) in [7, 11) is -1.30. The zero-order valence-electron chi connectivity index (χ0n) is 18.5. The summed E-state index contributed by atoms with van der Waals surface area (Å²) in [6.45, 7) is 9.15. The monoisotopic (exact) mass is 465 g/mol. The number of hydrogen-bond acceptors (Lipinski definition) is 7. The summed E-state index contributed by atoms with van der Waals surface area (Å²) in [6, 6.07) is 3.83. The average molecular weight is 466 g/mol. The molecule has 0 aliphatic carbocycles. The molecule has 176 valence electrons. The predicted molar refractivity (Wildman–Crippen MR) is 122 cm³/mol. The maximum absolute atomic E-state index is 14.7. The minimum Gasteiger partial charge on any atom is -0.379 e. The van der Waals surface area contributed by atoms with E-state index in [0.717, 1.165) is 39.3 Å². The van der Waals surface area contributed by atoms with Crippen LogP contribution in [0.1, 0.15) is 13.3 Å². The van der Waals surface area contributed by atoms with Crippen molar-refractivity contribution in [1.82, 2.24) is 20.2 Å². The van der Waals surface area contributed by atoms with Crippen molar-refractivity contribution >= 4 is 27.5 Å². The zero-order chi connectivity index (χ0) is 22.1. The average Bonchev–Trinajstić information content (AvgIpc) is 3.24. The van der Waals surface area contributed by atoms with Crippen molar-refractivity contribution in [2.24, 2.45) is 5.92 Å². The van der Waals surface area contributed by atoms with Crippen molar-refractivity contribution < 1.29 is 18.1 Å². The summed E-state index contributed by atoms with van der Waals surface area (Å²) in [5, 5.41) is 3.98. The number of nitrogens with zero attached hydrogens (tertiary/aromatic N) is 3. The molecule has 5 rings (SSSR count). The Morgan fingerprint density at radius 2 is 1.88 bits per heavy atom. The van der Waals surface area contributed by atoms with Crippen LogP contribution in [-0.2, 0) is 20.3 Å². The Labute approximate surface area is 190 Å². The van der Waals surface area contributed by atoms with Crippen LogP contribution >= 0.6 is 0 Å². The number of aromatic amines is 1. The first-order valence-electron chi connectivity index (χ1n) is 11.6. The minimum absolute atomic E-state index is 0.145. The minimum atomic E-state index is -1.30. The molecule has 4 unspecified atom stereocenters. The molecule has 4 atom stereocenters. The first kappa shape index (κ1) is 22.2. The van der Waals surface area contributed by atoms with Gasteiger partial charge in [0.2, 0.25) is 0 Å². The molecule has 3 fully saturated rings. The fourth-order valence-electron chi connectivity index (χ4n) is 5.16. The summed E-state index contributed by atoms with van der Waals surface area (Å²) in [4.78, 5) is 12.2. The van der Waals surface area contributed by atoms with Gasteiger partial charge in [0.25, 0.3) is 0 Å². The van der Waals surface area contributed by atoms with Crippen LogP contribution < -0.4 is 10.2 Å². The van der Waals surface area contributed by atoms with Gasteiger partial charge >= 0.3 is 0 Å². The lowest BCUT2D eigenvalue weighted by Gasteiger charge is -2.44. The highest BCUT2D eigenvalue weighted by atomic mass is 32.2. The third-order valence-corrected chi connectivity index (χ3v) is 8.32. The van der Waals surface area contributed by atoms with E-state index in [1.807, 2.05) is 4.90 Å². The molecule has 3 saturated heterocycles. The maximum atomic E-state index is 14.7. The number of ether oxygens (including phenoxy) is 2. The number of anilines is 1. The summed E-state index contributed by atoms with van der Waals surface area (Å²) >= 11 is 0. The summed E-state index contributed by atoms with van der Waals surface area (Å²) in [5.41, 5.74) is 1.76. The zero-order valence-corrected chi connectivity index (χ0v) is 19.3. The Bertz CT molecular complexity index is 960. The molecule has 3 aliphatic rings. The van der Waals surface area contributed by atoms with Crippen LogP contribution in [0.4, 0.5) is 10.1 Å². The van der Waals surface area contributed by atoms with Crippen LogP contribution in [0.3, 0.4) is 0 Å². The number of halogens is 1. The Kier molecular flexibility index (Phi) is 6.75. The van der Waals surface area contributed by atoms with E-state index >= 15 is 0 Å². The standard InChI is InChI=1S/C22H32FN5O3S/c1-15-19(24-3-2-20(15)27-4-8-30-9-5-27)14-32(29)22-25-17-12-16(23)21(13-18(17)26-22)28-6-10-31-11-7-28/h12-13,15,19-20,24H,2-11,14H2,1H3,(H,25,26). The highest BCUT2D eigenvalue weighted by molar-refractivity contribution is 7.84. The molecule has 0 spiro atoms. The molecule has 32 heavy (non-hydrogen) atoms. The van der Waals surface area contributed by atoms with E-state index in [1.54, 1.807) is 6.07 Å². The van der Waals surface area contributed by atoms with Crippen molar-refractivity contribution in [3.63, 3.8) is 0 Å². The quantitative estimate of drug-likeness (QED) is 0.690. The van der Waals surface area contributed by atoms with Crippen molar-refractivity contribution in [2.75, 3.05) is 69.8 Å². The van der Waals surface area contributed by atoms with Gasteiger partial charge in [-0.1, -0.05) is 6.92 Å². The molecule has 0 bridgehead atoms. The Morgan fingerprint density at radius 1 is 1.16 bits per heavy atom. The van der Waals surface area contributed by atoms with Crippen LogP contribution in [0.5, 0.6) is 0 Å². The fourth-order valence-corrected chi connectivity index (χ4v) is 6.49. The van der Waals surface area contributed by atoms with Gasteiger partial charge in [-0.3, -0.25) is 9.11 Å². The van der Waals surface area contributed by atoms with Gasteiger partial charge in [-0.2, -0.15) is 0 Å². The van der Waals surface area contributed by atoms with E-state index in [0.29, 0.717) is 65.9 Å². The van der Waals surface area contributed by atoms with E-state index in [2.05, 4.69) is 27.1 Å². The molecule has 2 aromatic rings. The van der Waals surface area contributed by atoms with Crippen LogP contribution in [0, 0.1) is 11.7 Å². The number of imidazole rings is 1. The molecule has 1 aromatic heterocycles. The number of benzene rings is 1. The second kappa shape index (κ2) is 9.72. The number of hydrogen-bond donors (Lipinski definition) is 2. The van der Waals surface area contributed by atoms with Gasteiger partial charge in [-0.05, 0) is 24.9 Å². The van der Waals surface area contributed by atoms with Crippen LogP contribution in [0.15, 0.2) is 17.3 Å². The van der Waals surface area contributed by atoms with Crippen LogP contribution in [-0.4, -0.2) is 96.1 Å². The van der Waals surface area contributed by atoms with Gasteiger partial charge in [0, 0.05) is 50.1 Å². The normalized spacial score (nSPS) is 28.8. The summed E-state index contributed by atoms with van der Waals surface area (Å²) in [6.07, 6.45) is 1.10. The molecule has 2 N–H and O–H groups in total. The number of rotatable bonds is 5. The first-order valence-corrected chi connectivity index (χ1v) is 12.9. The Morgan fingerprint density at radius 3 is 2.62 bits per heavy atom. The lowest BCUT2D eigenvalue weighted by atomic mass is 9.87. The first-order chi connectivity index (χ1) is 15.6. The molecule has 10 heteroatoms. The number of morpholine rings is 2. The van der Waals surface area contributed by atoms with E-state index < -0.39 is 10.8 Å². The largest absolute Gasteiger partial charge is 0.379 e. The molecule has 3 aliphatic heterocycles. The van der Waals surface area contributed by atoms with Gasteiger partial charge in [0.1, 0.15) is 5.82 Å². The van der Waals surface area contributed by atoms with Crippen LogP contribution in [0.25, 0.3) is 11.0 Å². The highest BCUT2D eigenvalue weighted by Crippen LogP contribution is 2.28. The number of fused-ring (bicyclic) bond motifs is 1. The van der Waals surface area contributed by atoms with Crippen molar-refractivity contribution in [3.8, 4) is 0 Å². The van der Waals surface area contributed by atoms with Gasteiger partial charge in [0.05, 0.1) is 53.9 Å². The van der Waals surface area contributed by atoms with Gasteiger partial charge in [0.15, 0.2) is 5.16 Å². The fraction of sp³-hybridized carbons (Fsp3) is 0.682. The number of piperidine rings is 1. The Balaban J connectivity index is 1.30. The molecule has 4 heterocycles. The molecule has 0 amide bonds. The molecule has 0 radical (unpaired) electrons. The summed E-state index contributed by atoms with van der Waals surface area (Å²) in [5.74, 6) is 0.567. The second-order valence-corrected chi connectivity index (χ2v) is 10.3. The van der Waals surface area contributed by atoms with E-state index in [-0.39, 0.29) is 11.9 Å². The lowest BCUT2D eigenvalue weighted by molar-refractivity contribution is -0.00764. The SMILES string of the molecule is CC1C(CS(=O)c2nc3cc(N4CCOCC4)c(F)cc3[nH]2)NCCC1N1CCOCC1. The molecular weight excluding hydrogens is 433 g/mol. The second-order valence-electron chi connectivity index (χ2n) is 8.90. The molecule has 0 saturated carbocycles. The smallest absolute Gasteiger partial charge is 0.197 e. The third kappa shape index (κ3) is 4.56. The van der Waals surface area contributed by atoms with Gasteiger partial charge < -0.3 is 24.7 Å². The van der Waals surface area contributed by atoms with E-state index in [9.17, 15) is 8.60 Å². The topological polar surface area (TPSA) is 82.7 Å². The third-order valence-electron chi connectivity index (χ3n) is 7.03. The lowest BCUT2D eigenvalue weighted by Crippen LogP contribution is -2.57. The van der Waals surface area contributed by atoms with Crippen LogP contribution in [0.2, 0.25) is 0 Å². The summed E-state index contributed by atoms with van der Waals surface area (Å²) < 4.78 is 38.8. The predicted octanol–water partition coefficient (Wildman–Crippen LogP) is 1.35. The Hall–Kier alpha value is -1.59. The van der Waals surface area contributed by atoms with Gasteiger partial charge in [-0.25, -0.2) is 9.37 Å².